The first-order chi connectivity index (χ1) is 10.5. The fourth-order valence-corrected chi connectivity index (χ4v) is 2.72. The summed E-state index contributed by atoms with van der Waals surface area (Å²) in [5, 5.41) is 18.9. The molecule has 6 nitrogen and oxygen atoms in total. The average Bonchev–Trinajstić information content (AvgIpc) is 2.92. The van der Waals surface area contributed by atoms with Crippen LogP contribution < -0.4 is 5.32 Å². The zero-order valence-electron chi connectivity index (χ0n) is 11.2. The molecule has 0 fully saturated rings. The number of rotatable bonds is 3. The SMILES string of the molecule is Cc1cc(I)ccc1Nc1c(C(=O)O)cc2nnoc2c1F. The molecule has 2 aromatic carbocycles. The van der Waals surface area contributed by atoms with Crippen molar-refractivity contribution >= 4 is 51.0 Å². The predicted octanol–water partition coefficient (Wildman–Crippen LogP) is 3.72. The second kappa shape index (κ2) is 5.52. The van der Waals surface area contributed by atoms with Gasteiger partial charge in [-0.25, -0.2) is 9.18 Å². The third-order valence-electron chi connectivity index (χ3n) is 3.16. The first-order valence-electron chi connectivity index (χ1n) is 6.18. The number of hydrogen-bond acceptors (Lipinski definition) is 5. The van der Waals surface area contributed by atoms with Crippen molar-refractivity contribution in [2.24, 2.45) is 0 Å². The number of hydrogen-bond donors (Lipinski definition) is 2. The Kier molecular flexibility index (Phi) is 3.69. The number of aromatic carboxylic acids is 1. The second-order valence-corrected chi connectivity index (χ2v) is 5.87. The first kappa shape index (κ1) is 14.7. The van der Waals surface area contributed by atoms with Gasteiger partial charge in [-0.05, 0) is 59.3 Å². The van der Waals surface area contributed by atoms with Crippen molar-refractivity contribution < 1.29 is 18.8 Å². The van der Waals surface area contributed by atoms with Gasteiger partial charge in [0.05, 0.1) is 11.3 Å². The van der Waals surface area contributed by atoms with Gasteiger partial charge < -0.3 is 14.9 Å². The van der Waals surface area contributed by atoms with Crippen LogP contribution in [0.1, 0.15) is 15.9 Å². The fraction of sp³-hybridized carbons (Fsp3) is 0.0714. The molecule has 0 radical (unpaired) electrons. The molecule has 0 aliphatic carbocycles. The molecule has 0 spiro atoms. The summed E-state index contributed by atoms with van der Waals surface area (Å²) in [5.41, 5.74) is 0.920. The standard InChI is InChI=1S/C14H9FIN3O3/c1-6-4-7(16)2-3-9(6)17-12-8(14(20)21)5-10-13(11(12)15)22-19-18-10/h2-5,17H,1H3,(H,20,21). The number of aryl methyl sites for hydroxylation is 1. The van der Waals surface area contributed by atoms with E-state index >= 15 is 0 Å². The van der Waals surface area contributed by atoms with Crippen molar-refractivity contribution in [3.63, 3.8) is 0 Å². The van der Waals surface area contributed by atoms with Crippen molar-refractivity contribution in [1.29, 1.82) is 0 Å². The van der Waals surface area contributed by atoms with Gasteiger partial charge in [0.25, 0.3) is 0 Å². The maximum atomic E-state index is 14.5. The predicted molar refractivity (Wildman–Crippen MR) is 85.9 cm³/mol. The van der Waals surface area contributed by atoms with E-state index in [1.54, 1.807) is 6.07 Å². The molecule has 2 N–H and O–H groups in total. The van der Waals surface area contributed by atoms with Crippen LogP contribution in [0.5, 0.6) is 0 Å². The number of anilines is 2. The van der Waals surface area contributed by atoms with E-state index in [1.165, 1.54) is 6.07 Å². The summed E-state index contributed by atoms with van der Waals surface area (Å²) in [5.74, 6) is -2.10. The number of carboxylic acids is 1. The largest absolute Gasteiger partial charge is 0.478 e. The summed E-state index contributed by atoms with van der Waals surface area (Å²) in [7, 11) is 0. The molecule has 0 amide bonds. The van der Waals surface area contributed by atoms with Gasteiger partial charge in [-0.15, -0.1) is 5.10 Å². The zero-order valence-corrected chi connectivity index (χ0v) is 13.4. The van der Waals surface area contributed by atoms with Gasteiger partial charge in [-0.3, -0.25) is 0 Å². The number of nitrogens with zero attached hydrogens (tertiary/aromatic N) is 2. The highest BCUT2D eigenvalue weighted by molar-refractivity contribution is 14.1. The molecule has 1 heterocycles. The van der Waals surface area contributed by atoms with Crippen LogP contribution >= 0.6 is 22.6 Å². The number of benzene rings is 2. The van der Waals surface area contributed by atoms with Crippen molar-refractivity contribution in [1.82, 2.24) is 10.4 Å². The number of halogens is 2. The van der Waals surface area contributed by atoms with E-state index in [0.29, 0.717) is 5.69 Å². The molecule has 0 unspecified atom stereocenters. The van der Waals surface area contributed by atoms with Crippen LogP contribution in [0.25, 0.3) is 11.1 Å². The lowest BCUT2D eigenvalue weighted by Gasteiger charge is -2.13. The molecular weight excluding hydrogens is 404 g/mol. The normalized spacial score (nSPS) is 10.9. The van der Waals surface area contributed by atoms with Crippen LogP contribution in [-0.2, 0) is 0 Å². The average molecular weight is 413 g/mol. The third kappa shape index (κ3) is 2.49. The maximum absolute atomic E-state index is 14.5. The molecule has 0 bridgehead atoms. The van der Waals surface area contributed by atoms with Crippen LogP contribution in [0.2, 0.25) is 0 Å². The Morgan fingerprint density at radius 1 is 1.41 bits per heavy atom. The van der Waals surface area contributed by atoms with Gasteiger partial charge >= 0.3 is 5.97 Å². The van der Waals surface area contributed by atoms with Gasteiger partial charge in [0.1, 0.15) is 5.52 Å². The Hall–Kier alpha value is -2.23. The molecule has 0 aliphatic rings. The minimum atomic E-state index is -1.27. The molecular formula is C14H9FIN3O3. The Balaban J connectivity index is 2.18. The van der Waals surface area contributed by atoms with Crippen LogP contribution in [0.15, 0.2) is 28.8 Å². The van der Waals surface area contributed by atoms with Gasteiger partial charge in [0.2, 0.25) is 5.58 Å². The number of fused-ring (bicyclic) bond motifs is 1. The van der Waals surface area contributed by atoms with Crippen molar-refractivity contribution in [3.05, 3.63) is 44.8 Å². The molecule has 1 aromatic heterocycles. The highest BCUT2D eigenvalue weighted by Gasteiger charge is 2.22. The molecule has 22 heavy (non-hydrogen) atoms. The summed E-state index contributed by atoms with van der Waals surface area (Å²) in [6.07, 6.45) is 0. The van der Waals surface area contributed by atoms with E-state index in [0.717, 1.165) is 9.13 Å². The van der Waals surface area contributed by atoms with E-state index in [4.69, 9.17) is 4.52 Å². The molecule has 0 atom stereocenters. The molecule has 0 saturated carbocycles. The van der Waals surface area contributed by atoms with E-state index < -0.39 is 11.8 Å². The number of aromatic nitrogens is 2. The lowest BCUT2D eigenvalue weighted by molar-refractivity contribution is 0.0697. The van der Waals surface area contributed by atoms with Crippen LogP contribution in [0.4, 0.5) is 15.8 Å². The Morgan fingerprint density at radius 2 is 2.18 bits per heavy atom. The topological polar surface area (TPSA) is 88.2 Å². The number of carbonyl (C=O) groups is 1. The van der Waals surface area contributed by atoms with Gasteiger partial charge in [-0.2, -0.15) is 0 Å². The van der Waals surface area contributed by atoms with E-state index in [-0.39, 0.29) is 22.4 Å². The van der Waals surface area contributed by atoms with Crippen LogP contribution in [0, 0.1) is 16.3 Å². The minimum Gasteiger partial charge on any atom is -0.478 e. The monoisotopic (exact) mass is 413 g/mol. The second-order valence-electron chi connectivity index (χ2n) is 4.62. The Bertz CT molecular complexity index is 894. The highest BCUT2D eigenvalue weighted by atomic mass is 127. The summed E-state index contributed by atoms with van der Waals surface area (Å²) in [4.78, 5) is 11.4. The van der Waals surface area contributed by atoms with Crippen molar-refractivity contribution in [3.8, 4) is 0 Å². The first-order valence-corrected chi connectivity index (χ1v) is 7.26. The van der Waals surface area contributed by atoms with Crippen molar-refractivity contribution in [2.75, 3.05) is 5.32 Å². The van der Waals surface area contributed by atoms with Gasteiger partial charge in [-0.1, -0.05) is 0 Å². The maximum Gasteiger partial charge on any atom is 0.338 e. The molecule has 0 aliphatic heterocycles. The summed E-state index contributed by atoms with van der Waals surface area (Å²) >= 11 is 2.16. The van der Waals surface area contributed by atoms with E-state index in [2.05, 4.69) is 38.3 Å². The molecule has 112 valence electrons. The van der Waals surface area contributed by atoms with Gasteiger partial charge in [0.15, 0.2) is 5.82 Å². The third-order valence-corrected chi connectivity index (χ3v) is 3.83. The molecule has 8 heteroatoms. The lowest BCUT2D eigenvalue weighted by atomic mass is 10.1. The van der Waals surface area contributed by atoms with E-state index in [9.17, 15) is 14.3 Å². The van der Waals surface area contributed by atoms with Crippen molar-refractivity contribution in [2.45, 2.75) is 6.92 Å². The summed E-state index contributed by atoms with van der Waals surface area (Å²) in [6, 6.07) is 6.71. The Labute approximate surface area is 137 Å². The smallest absolute Gasteiger partial charge is 0.338 e. The van der Waals surface area contributed by atoms with Crippen LogP contribution in [0.3, 0.4) is 0 Å². The van der Waals surface area contributed by atoms with Gasteiger partial charge in [0, 0.05) is 14.5 Å². The Morgan fingerprint density at radius 3 is 2.86 bits per heavy atom. The molecule has 3 aromatic rings. The lowest BCUT2D eigenvalue weighted by Crippen LogP contribution is -2.06. The number of carboxylic acid groups (broad SMARTS) is 1. The quantitative estimate of drug-likeness (QED) is 0.637. The zero-order chi connectivity index (χ0) is 15.9. The summed E-state index contributed by atoms with van der Waals surface area (Å²) < 4.78 is 20.3. The highest BCUT2D eigenvalue weighted by Crippen LogP contribution is 2.31. The van der Waals surface area contributed by atoms with Crippen LogP contribution in [-0.4, -0.2) is 21.4 Å². The summed E-state index contributed by atoms with van der Waals surface area (Å²) in [6.45, 7) is 1.84. The minimum absolute atomic E-state index is 0.0554. The van der Waals surface area contributed by atoms with E-state index in [1.807, 2.05) is 19.1 Å². The molecule has 3 rings (SSSR count). The number of nitrogens with one attached hydrogen (secondary N) is 1. The molecule has 0 saturated heterocycles. The fourth-order valence-electron chi connectivity index (χ4n) is 2.08.